The van der Waals surface area contributed by atoms with Crippen LogP contribution in [0.4, 0.5) is 0 Å². The van der Waals surface area contributed by atoms with Crippen molar-refractivity contribution in [2.45, 2.75) is 5.41 Å². The number of para-hydroxylation sites is 6. The Morgan fingerprint density at radius 2 is 1.21 bits per heavy atom. The van der Waals surface area contributed by atoms with Crippen molar-refractivity contribution >= 4 is 32.8 Å². The van der Waals surface area contributed by atoms with Gasteiger partial charge in [-0.3, -0.25) is 4.57 Å². The number of hydrogen-bond acceptors (Lipinski definition) is 2. The molecule has 2 aromatic heterocycles. The molecule has 2 aliphatic heterocycles. The maximum Gasteiger partial charge on any atom is 0.152 e. The van der Waals surface area contributed by atoms with Gasteiger partial charge in [0.05, 0.1) is 33.4 Å². The Hall–Kier alpha value is -6.39. The molecule has 0 N–H and O–H groups in total. The maximum atomic E-state index is 6.54. The lowest BCUT2D eigenvalue weighted by atomic mass is 9.72. The molecule has 7 aromatic carbocycles. The largest absolute Gasteiger partial charge is 0.453 e. The Morgan fingerprint density at radius 1 is 0.500 bits per heavy atom. The molecule has 1 spiro atoms. The second kappa shape index (κ2) is 8.49. The second-order valence-corrected chi connectivity index (χ2v) is 13.1. The van der Waals surface area contributed by atoms with Gasteiger partial charge in [0.2, 0.25) is 0 Å². The molecule has 3 aliphatic rings. The van der Waals surface area contributed by atoms with E-state index in [1.807, 2.05) is 6.07 Å². The molecular weight excluding hydrogens is 587 g/mol. The Labute approximate surface area is 275 Å². The fraction of sp³-hybridized carbons (Fsp3) is 0.0227. The molecule has 48 heavy (non-hydrogen) atoms. The number of aromatic nitrogens is 3. The van der Waals surface area contributed by atoms with Crippen LogP contribution in [-0.4, -0.2) is 14.1 Å². The summed E-state index contributed by atoms with van der Waals surface area (Å²) < 4.78 is 11.3. The van der Waals surface area contributed by atoms with E-state index < -0.39 is 5.41 Å². The van der Waals surface area contributed by atoms with Gasteiger partial charge in [0.1, 0.15) is 11.2 Å². The highest BCUT2D eigenvalue weighted by Crippen LogP contribution is 2.61. The van der Waals surface area contributed by atoms with Crippen molar-refractivity contribution in [2.75, 3.05) is 0 Å². The molecule has 4 heteroatoms. The summed E-state index contributed by atoms with van der Waals surface area (Å²) in [4.78, 5) is 5.43. The van der Waals surface area contributed by atoms with Gasteiger partial charge in [-0.25, -0.2) is 4.98 Å². The van der Waals surface area contributed by atoms with Crippen LogP contribution in [0.3, 0.4) is 0 Å². The third kappa shape index (κ3) is 2.75. The van der Waals surface area contributed by atoms with Crippen molar-refractivity contribution in [3.63, 3.8) is 0 Å². The van der Waals surface area contributed by atoms with Crippen molar-refractivity contribution < 1.29 is 4.74 Å². The molecule has 4 heterocycles. The molecule has 9 aromatic rings. The summed E-state index contributed by atoms with van der Waals surface area (Å²) in [6, 6.07) is 54.9. The number of hydrogen-bond donors (Lipinski definition) is 0. The number of nitrogens with zero attached hydrogens (tertiary/aromatic N) is 3. The van der Waals surface area contributed by atoms with E-state index in [-0.39, 0.29) is 0 Å². The van der Waals surface area contributed by atoms with Gasteiger partial charge in [0.25, 0.3) is 0 Å². The van der Waals surface area contributed by atoms with Crippen LogP contribution < -0.4 is 4.74 Å². The lowest BCUT2D eigenvalue weighted by Crippen LogP contribution is -2.27. The van der Waals surface area contributed by atoms with Crippen molar-refractivity contribution in [3.8, 4) is 45.1 Å². The predicted molar refractivity (Wildman–Crippen MR) is 192 cm³/mol. The highest BCUT2D eigenvalue weighted by molar-refractivity contribution is 6.18. The smallest absolute Gasteiger partial charge is 0.152 e. The Balaban J connectivity index is 1.20. The standard InChI is InChI=1S/C44H25N3O/c1-3-13-31-28(11-1)29-22-21-26(25-33(29)44(31)32-14-4-7-17-36(32)47-37-18-8-5-15-34(37)45-43(44)47)27-23-24-40-42-41(27)30-12-2-6-16-35(30)46(42)38-19-9-10-20-39(38)48-40/h1-25H. The quantitative estimate of drug-likeness (QED) is 0.185. The van der Waals surface area contributed by atoms with Crippen molar-refractivity contribution in [3.05, 3.63) is 174 Å². The molecule has 1 aliphatic carbocycles. The molecule has 1 atom stereocenters. The van der Waals surface area contributed by atoms with E-state index in [1.165, 1.54) is 60.9 Å². The van der Waals surface area contributed by atoms with Crippen LogP contribution in [0.15, 0.2) is 152 Å². The van der Waals surface area contributed by atoms with Crippen LogP contribution in [0.25, 0.3) is 66.5 Å². The number of rotatable bonds is 1. The monoisotopic (exact) mass is 611 g/mol. The molecule has 12 rings (SSSR count). The second-order valence-electron chi connectivity index (χ2n) is 13.1. The van der Waals surface area contributed by atoms with Crippen LogP contribution in [0, 0.1) is 0 Å². The molecule has 0 saturated carbocycles. The van der Waals surface area contributed by atoms with Gasteiger partial charge in [-0.1, -0.05) is 97.1 Å². The van der Waals surface area contributed by atoms with Gasteiger partial charge in [0.15, 0.2) is 11.5 Å². The van der Waals surface area contributed by atoms with Crippen LogP contribution >= 0.6 is 0 Å². The first kappa shape index (κ1) is 24.8. The van der Waals surface area contributed by atoms with E-state index >= 15 is 0 Å². The Morgan fingerprint density at radius 3 is 2.15 bits per heavy atom. The van der Waals surface area contributed by atoms with Gasteiger partial charge in [0, 0.05) is 10.8 Å². The van der Waals surface area contributed by atoms with E-state index in [9.17, 15) is 0 Å². The van der Waals surface area contributed by atoms with Crippen LogP contribution in [-0.2, 0) is 5.41 Å². The molecule has 222 valence electrons. The minimum absolute atomic E-state index is 0.544. The summed E-state index contributed by atoms with van der Waals surface area (Å²) in [6.07, 6.45) is 0. The Bertz CT molecular complexity index is 2890. The van der Waals surface area contributed by atoms with Crippen LogP contribution in [0.5, 0.6) is 11.5 Å². The highest BCUT2D eigenvalue weighted by atomic mass is 16.5. The molecule has 1 unspecified atom stereocenters. The van der Waals surface area contributed by atoms with Gasteiger partial charge in [-0.2, -0.15) is 0 Å². The van der Waals surface area contributed by atoms with Gasteiger partial charge in [-0.05, 0) is 93.5 Å². The normalized spacial score (nSPS) is 16.2. The predicted octanol–water partition coefficient (Wildman–Crippen LogP) is 10.6. The fourth-order valence-corrected chi connectivity index (χ4v) is 9.09. The van der Waals surface area contributed by atoms with E-state index in [0.717, 1.165) is 39.6 Å². The number of benzene rings is 7. The van der Waals surface area contributed by atoms with Crippen molar-refractivity contribution in [1.82, 2.24) is 14.1 Å². The number of imidazole rings is 1. The summed E-state index contributed by atoms with van der Waals surface area (Å²) in [7, 11) is 0. The summed E-state index contributed by atoms with van der Waals surface area (Å²) in [5.41, 5.74) is 14.9. The van der Waals surface area contributed by atoms with Crippen LogP contribution in [0.2, 0.25) is 0 Å². The lowest BCUT2D eigenvalue weighted by molar-refractivity contribution is 0.476. The van der Waals surface area contributed by atoms with Gasteiger partial charge < -0.3 is 9.30 Å². The first-order valence-electron chi connectivity index (χ1n) is 16.5. The zero-order chi connectivity index (χ0) is 31.1. The maximum absolute atomic E-state index is 6.54. The minimum atomic E-state index is -0.544. The summed E-state index contributed by atoms with van der Waals surface area (Å²) in [5.74, 6) is 2.82. The van der Waals surface area contributed by atoms with E-state index in [1.54, 1.807) is 0 Å². The zero-order valence-corrected chi connectivity index (χ0v) is 25.7. The molecule has 0 bridgehead atoms. The number of fused-ring (bicyclic) bond motifs is 17. The molecule has 0 fully saturated rings. The molecule has 4 nitrogen and oxygen atoms in total. The molecular formula is C44H25N3O. The first-order chi connectivity index (χ1) is 23.8. The van der Waals surface area contributed by atoms with Crippen molar-refractivity contribution in [1.29, 1.82) is 0 Å². The highest BCUT2D eigenvalue weighted by Gasteiger charge is 2.54. The Kier molecular flexibility index (Phi) is 4.39. The van der Waals surface area contributed by atoms with Gasteiger partial charge >= 0.3 is 0 Å². The third-order valence-electron chi connectivity index (χ3n) is 10.9. The lowest BCUT2D eigenvalue weighted by Gasteiger charge is -2.27. The molecule has 0 radical (unpaired) electrons. The fourth-order valence-electron chi connectivity index (χ4n) is 9.09. The zero-order valence-electron chi connectivity index (χ0n) is 25.7. The topological polar surface area (TPSA) is 32.0 Å². The minimum Gasteiger partial charge on any atom is -0.453 e. The van der Waals surface area contributed by atoms with Crippen molar-refractivity contribution in [2.24, 2.45) is 0 Å². The van der Waals surface area contributed by atoms with E-state index in [2.05, 4.69) is 155 Å². The van der Waals surface area contributed by atoms with E-state index in [0.29, 0.717) is 0 Å². The molecule has 0 amide bonds. The average Bonchev–Trinajstić information content (AvgIpc) is 3.86. The number of ether oxygens (including phenoxy) is 1. The SMILES string of the molecule is c1ccc2c(c1)Oc1ccc(-c3ccc4c(c3)C3(c5ccccc5-4)c4ccccc4-n4c3nc3ccccc34)c3c4ccccc4n-2c13. The summed E-state index contributed by atoms with van der Waals surface area (Å²) in [6.45, 7) is 0. The summed E-state index contributed by atoms with van der Waals surface area (Å²) in [5, 5.41) is 2.43. The van der Waals surface area contributed by atoms with Crippen LogP contribution in [0.1, 0.15) is 22.5 Å². The first-order valence-corrected chi connectivity index (χ1v) is 16.5. The average molecular weight is 612 g/mol. The van der Waals surface area contributed by atoms with E-state index in [4.69, 9.17) is 9.72 Å². The summed E-state index contributed by atoms with van der Waals surface area (Å²) >= 11 is 0. The van der Waals surface area contributed by atoms with Gasteiger partial charge in [-0.15, -0.1) is 0 Å². The third-order valence-corrected chi connectivity index (χ3v) is 10.9. The molecule has 0 saturated heterocycles.